The largest absolute Gasteiger partial charge is 0.573 e. The van der Waals surface area contributed by atoms with Gasteiger partial charge in [-0.1, -0.05) is 12.1 Å². The number of benzene rings is 2. The highest BCUT2D eigenvalue weighted by Crippen LogP contribution is 2.43. The highest BCUT2D eigenvalue weighted by atomic mass is 19.4. The Morgan fingerprint density at radius 3 is 2.61 bits per heavy atom. The molecule has 1 aliphatic rings. The van der Waals surface area contributed by atoms with Crippen LogP contribution in [0.25, 0.3) is 10.9 Å². The number of aliphatic hydroxyl groups excluding tert-OH is 1. The minimum atomic E-state index is -4.87. The Morgan fingerprint density at radius 2 is 1.93 bits per heavy atom. The summed E-state index contributed by atoms with van der Waals surface area (Å²) in [5, 5.41) is 14.2. The maximum Gasteiger partial charge on any atom is 0.573 e. The molecule has 0 spiro atoms. The number of aliphatic hydroxyl groups is 1. The molecule has 2 unspecified atom stereocenters. The standard InChI is InChI=1S/C19H17F3N2O4/c1-18(2)16(25)15(24-17(26)11-5-3-4-6-13(11)23-24)12-9-10(27-19(20,21)22)7-8-14(12)28-18/h3-9,15-16,23,25H,1-2H3. The SMILES string of the molecule is CC1(C)Oc2ccc(OC(F)(F)F)cc2C(n2[nH]c3ccccc3c2=O)C1O. The lowest BCUT2D eigenvalue weighted by Gasteiger charge is -2.42. The first-order chi connectivity index (χ1) is 13.1. The molecule has 0 fully saturated rings. The molecule has 0 aliphatic carbocycles. The van der Waals surface area contributed by atoms with Crippen LogP contribution in [0, 0.1) is 0 Å². The van der Waals surface area contributed by atoms with E-state index in [1.54, 1.807) is 38.1 Å². The van der Waals surface area contributed by atoms with Crippen molar-refractivity contribution in [3.8, 4) is 11.5 Å². The van der Waals surface area contributed by atoms with Gasteiger partial charge < -0.3 is 14.6 Å². The number of hydrogen-bond donors (Lipinski definition) is 2. The molecule has 0 saturated heterocycles. The summed E-state index contributed by atoms with van der Waals surface area (Å²) >= 11 is 0. The summed E-state index contributed by atoms with van der Waals surface area (Å²) in [5.41, 5.74) is -0.721. The second-order valence-electron chi connectivity index (χ2n) is 7.18. The third-order valence-corrected chi connectivity index (χ3v) is 4.81. The van der Waals surface area contributed by atoms with Gasteiger partial charge in [-0.2, -0.15) is 0 Å². The summed E-state index contributed by atoms with van der Waals surface area (Å²) in [6.07, 6.45) is -6.08. The van der Waals surface area contributed by atoms with Crippen LogP contribution in [0.3, 0.4) is 0 Å². The Hall–Kier alpha value is -2.94. The van der Waals surface area contributed by atoms with Crippen LogP contribution >= 0.6 is 0 Å². The molecule has 2 heterocycles. The van der Waals surface area contributed by atoms with Crippen LogP contribution in [0.1, 0.15) is 25.5 Å². The zero-order chi connectivity index (χ0) is 20.3. The Labute approximate surface area is 157 Å². The van der Waals surface area contributed by atoms with Crippen molar-refractivity contribution in [2.45, 2.75) is 38.0 Å². The van der Waals surface area contributed by atoms with Gasteiger partial charge in [-0.25, -0.2) is 4.68 Å². The molecule has 28 heavy (non-hydrogen) atoms. The molecule has 0 saturated carbocycles. The van der Waals surface area contributed by atoms with Crippen LogP contribution in [-0.2, 0) is 0 Å². The lowest BCUT2D eigenvalue weighted by atomic mass is 9.86. The van der Waals surface area contributed by atoms with E-state index in [4.69, 9.17) is 4.74 Å². The van der Waals surface area contributed by atoms with Crippen molar-refractivity contribution in [3.05, 3.63) is 58.4 Å². The zero-order valence-corrected chi connectivity index (χ0v) is 14.9. The lowest BCUT2D eigenvalue weighted by Crippen LogP contribution is -2.52. The predicted molar refractivity (Wildman–Crippen MR) is 94.5 cm³/mol. The van der Waals surface area contributed by atoms with Gasteiger partial charge in [-0.05, 0) is 44.2 Å². The predicted octanol–water partition coefficient (Wildman–Crippen LogP) is 3.35. The van der Waals surface area contributed by atoms with E-state index >= 15 is 0 Å². The summed E-state index contributed by atoms with van der Waals surface area (Å²) in [7, 11) is 0. The van der Waals surface area contributed by atoms with E-state index in [1.165, 1.54) is 10.7 Å². The number of aromatic nitrogens is 2. The fourth-order valence-electron chi connectivity index (χ4n) is 3.50. The molecule has 0 amide bonds. The van der Waals surface area contributed by atoms with Gasteiger partial charge in [0.1, 0.15) is 29.2 Å². The number of H-pyrrole nitrogens is 1. The molecular formula is C19H17F3N2O4. The molecule has 9 heteroatoms. The summed E-state index contributed by atoms with van der Waals surface area (Å²) in [4.78, 5) is 12.9. The van der Waals surface area contributed by atoms with Gasteiger partial charge in [0.15, 0.2) is 0 Å². The van der Waals surface area contributed by atoms with Crippen molar-refractivity contribution in [3.63, 3.8) is 0 Å². The average Bonchev–Trinajstić information content (AvgIpc) is 2.92. The monoisotopic (exact) mass is 394 g/mol. The first-order valence-corrected chi connectivity index (χ1v) is 8.53. The summed E-state index contributed by atoms with van der Waals surface area (Å²) < 4.78 is 48.9. The number of nitrogens with zero attached hydrogens (tertiary/aromatic N) is 1. The van der Waals surface area contributed by atoms with E-state index in [-0.39, 0.29) is 11.3 Å². The van der Waals surface area contributed by atoms with Crippen molar-refractivity contribution in [2.75, 3.05) is 0 Å². The number of hydrogen-bond acceptors (Lipinski definition) is 4. The van der Waals surface area contributed by atoms with Crippen LogP contribution < -0.4 is 15.0 Å². The van der Waals surface area contributed by atoms with Gasteiger partial charge in [0.2, 0.25) is 0 Å². The molecule has 6 nitrogen and oxygen atoms in total. The second-order valence-corrected chi connectivity index (χ2v) is 7.18. The Bertz CT molecular complexity index is 1100. The number of ether oxygens (including phenoxy) is 2. The maximum absolute atomic E-state index is 12.9. The van der Waals surface area contributed by atoms with Crippen LogP contribution in [0.15, 0.2) is 47.3 Å². The van der Waals surface area contributed by atoms with Gasteiger partial charge in [-0.15, -0.1) is 13.2 Å². The normalized spacial score (nSPS) is 21.2. The van der Waals surface area contributed by atoms with Gasteiger partial charge in [0.25, 0.3) is 5.56 Å². The fourth-order valence-corrected chi connectivity index (χ4v) is 3.50. The van der Waals surface area contributed by atoms with Crippen LogP contribution in [0.2, 0.25) is 0 Å². The highest BCUT2D eigenvalue weighted by molar-refractivity contribution is 5.77. The molecule has 3 aromatic rings. The first-order valence-electron chi connectivity index (χ1n) is 8.53. The number of para-hydroxylation sites is 1. The highest BCUT2D eigenvalue weighted by Gasteiger charge is 2.45. The molecule has 148 valence electrons. The van der Waals surface area contributed by atoms with E-state index in [9.17, 15) is 23.1 Å². The minimum absolute atomic E-state index is 0.210. The van der Waals surface area contributed by atoms with Gasteiger partial charge in [-0.3, -0.25) is 9.89 Å². The van der Waals surface area contributed by atoms with Gasteiger partial charge in [0, 0.05) is 5.56 Å². The second kappa shape index (κ2) is 6.03. The molecule has 2 atom stereocenters. The number of nitrogens with one attached hydrogen (secondary N) is 1. The van der Waals surface area contributed by atoms with Crippen molar-refractivity contribution in [1.82, 2.24) is 9.78 Å². The van der Waals surface area contributed by atoms with Crippen molar-refractivity contribution < 1.29 is 27.8 Å². The molecule has 0 bridgehead atoms. The first kappa shape index (κ1) is 18.4. The Balaban J connectivity index is 1.91. The average molecular weight is 394 g/mol. The Morgan fingerprint density at radius 1 is 1.21 bits per heavy atom. The minimum Gasteiger partial charge on any atom is -0.485 e. The van der Waals surface area contributed by atoms with E-state index < -0.39 is 35.4 Å². The van der Waals surface area contributed by atoms with Crippen LogP contribution in [0.5, 0.6) is 11.5 Å². The number of aromatic amines is 1. The van der Waals surface area contributed by atoms with Crippen molar-refractivity contribution in [2.24, 2.45) is 0 Å². The zero-order valence-electron chi connectivity index (χ0n) is 14.9. The quantitative estimate of drug-likeness (QED) is 0.699. The van der Waals surface area contributed by atoms with E-state index in [0.29, 0.717) is 10.9 Å². The van der Waals surface area contributed by atoms with E-state index in [2.05, 4.69) is 9.84 Å². The molecule has 1 aromatic heterocycles. The number of alkyl halides is 3. The van der Waals surface area contributed by atoms with Gasteiger partial charge in [0.05, 0.1) is 10.9 Å². The lowest BCUT2D eigenvalue weighted by molar-refractivity contribution is -0.274. The van der Waals surface area contributed by atoms with Crippen LogP contribution in [-0.4, -0.2) is 33.0 Å². The Kier molecular flexibility index (Phi) is 3.97. The maximum atomic E-state index is 12.9. The topological polar surface area (TPSA) is 76.5 Å². The fraction of sp³-hybridized carbons (Fsp3) is 0.316. The van der Waals surface area contributed by atoms with E-state index in [1.807, 2.05) is 0 Å². The smallest absolute Gasteiger partial charge is 0.485 e. The number of fused-ring (bicyclic) bond motifs is 2. The van der Waals surface area contributed by atoms with Gasteiger partial charge >= 0.3 is 6.36 Å². The number of rotatable bonds is 2. The molecule has 4 rings (SSSR count). The molecule has 2 aromatic carbocycles. The van der Waals surface area contributed by atoms with E-state index in [0.717, 1.165) is 12.1 Å². The molecule has 1 aliphatic heterocycles. The summed E-state index contributed by atoms with van der Waals surface area (Å²) in [6, 6.07) is 9.39. The third-order valence-electron chi connectivity index (χ3n) is 4.81. The molecule has 0 radical (unpaired) electrons. The molecule has 2 N–H and O–H groups in total. The van der Waals surface area contributed by atoms with Crippen LogP contribution in [0.4, 0.5) is 13.2 Å². The third kappa shape index (κ3) is 3.01. The van der Waals surface area contributed by atoms with Crippen molar-refractivity contribution in [1.29, 1.82) is 0 Å². The molecular weight excluding hydrogens is 377 g/mol. The summed E-state index contributed by atoms with van der Waals surface area (Å²) in [5.74, 6) is -0.198. The van der Waals surface area contributed by atoms with Crippen molar-refractivity contribution >= 4 is 10.9 Å². The number of halogens is 3. The summed E-state index contributed by atoms with van der Waals surface area (Å²) in [6.45, 7) is 3.28.